The van der Waals surface area contributed by atoms with Gasteiger partial charge < -0.3 is 29.2 Å². The Labute approximate surface area is 390 Å². The molecule has 4 aliphatic heterocycles. The predicted octanol–water partition coefficient (Wildman–Crippen LogP) is 5.70. The molecule has 5 atom stereocenters. The molecule has 3 fully saturated rings. The second-order valence-corrected chi connectivity index (χ2v) is 20.3. The van der Waals surface area contributed by atoms with Crippen LogP contribution in [0.15, 0.2) is 41.9 Å². The van der Waals surface area contributed by atoms with E-state index in [2.05, 4.69) is 72.2 Å². The quantitative estimate of drug-likeness (QED) is 0.165. The number of aromatic nitrogens is 3. The fourth-order valence-corrected chi connectivity index (χ4v) is 11.2. The molecule has 4 aromatic rings. The first-order chi connectivity index (χ1) is 31.6. The molecule has 16 heteroatoms. The van der Waals surface area contributed by atoms with E-state index in [9.17, 15) is 24.0 Å². The minimum atomic E-state index is -1.07. The van der Waals surface area contributed by atoms with Crippen molar-refractivity contribution in [2.45, 2.75) is 118 Å². The topological polar surface area (TPSA) is 168 Å². The number of hydrogen-bond donors (Lipinski definition) is 2. The number of nitrogens with one attached hydrogen (secondary N) is 2. The number of amides is 4. The van der Waals surface area contributed by atoms with Crippen molar-refractivity contribution in [3.8, 4) is 34.4 Å². The molecule has 0 aliphatic carbocycles. The Hall–Kier alpha value is -5.63. The summed E-state index contributed by atoms with van der Waals surface area (Å²) in [6, 6.07) is 7.69. The van der Waals surface area contributed by atoms with Crippen LogP contribution in [0.5, 0.6) is 0 Å². The molecule has 0 saturated carbocycles. The number of hydrazine groups is 1. The van der Waals surface area contributed by atoms with Gasteiger partial charge in [0.15, 0.2) is 0 Å². The fourth-order valence-electron chi connectivity index (χ4n) is 10.3. The molecule has 3 saturated heterocycles. The highest BCUT2D eigenvalue weighted by Gasteiger charge is 2.54. The lowest BCUT2D eigenvalue weighted by Crippen LogP contribution is -2.62. The first-order valence-electron chi connectivity index (χ1n) is 23.2. The van der Waals surface area contributed by atoms with Gasteiger partial charge in [-0.3, -0.25) is 34.0 Å². The molecule has 4 amide bonds. The Bertz CT molecular complexity index is 2610. The van der Waals surface area contributed by atoms with Crippen molar-refractivity contribution in [1.82, 2.24) is 40.1 Å². The number of carbonyl (C=O) groups excluding carboxylic acids is 5. The van der Waals surface area contributed by atoms with Gasteiger partial charge >= 0.3 is 5.97 Å². The monoisotopic (exact) mass is 918 g/mol. The molecule has 15 nitrogen and oxygen atoms in total. The number of hydrogen-bond acceptors (Lipinski definition) is 11. The third kappa shape index (κ3) is 8.97. The summed E-state index contributed by atoms with van der Waals surface area (Å²) in [6.45, 7) is 15.9. The summed E-state index contributed by atoms with van der Waals surface area (Å²) in [5, 5.41) is 8.17. The molecule has 0 unspecified atom stereocenters. The van der Waals surface area contributed by atoms with E-state index in [1.807, 2.05) is 32.2 Å². The molecule has 4 aliphatic rings. The van der Waals surface area contributed by atoms with Gasteiger partial charge in [-0.05, 0) is 94.5 Å². The van der Waals surface area contributed by atoms with E-state index in [1.165, 1.54) is 16.3 Å². The third-order valence-electron chi connectivity index (χ3n) is 13.8. The SMILES string of the molecule is CC#CC(=O)N1CC[C@@]2(CCN([C@H](C(=O)N[C@H]3Cc4nc(cs4)-c4ccc5c(c4)c(c(-c4cccnc4[C@H](C)OC)n5CC)CC(C)(C)COC(=O)[C@@H]4CCCN(N4)C3=O)C(C)C)C2=O)C1. The van der Waals surface area contributed by atoms with Crippen LogP contribution in [0, 0.1) is 28.6 Å². The smallest absolute Gasteiger partial charge is 0.324 e. The molecule has 1 spiro atoms. The zero-order valence-corrected chi connectivity index (χ0v) is 40.2. The molecule has 350 valence electrons. The number of ether oxygens (including phenoxy) is 2. The molecular weight excluding hydrogens is 857 g/mol. The number of nitrogens with zero attached hydrogens (tertiary/aromatic N) is 6. The van der Waals surface area contributed by atoms with Crippen LogP contribution in [0.3, 0.4) is 0 Å². The summed E-state index contributed by atoms with van der Waals surface area (Å²) in [5.41, 5.74) is 8.51. The van der Waals surface area contributed by atoms with Crippen LogP contribution in [-0.4, -0.2) is 117 Å². The Morgan fingerprint density at radius 1 is 1.11 bits per heavy atom. The van der Waals surface area contributed by atoms with Crippen molar-refractivity contribution in [1.29, 1.82) is 0 Å². The number of methoxy groups -OCH3 is 1. The lowest BCUT2D eigenvalue weighted by Gasteiger charge is -2.36. The van der Waals surface area contributed by atoms with Crippen molar-refractivity contribution in [2.24, 2.45) is 16.7 Å². The maximum atomic E-state index is 14.7. The van der Waals surface area contributed by atoms with Gasteiger partial charge in [0.05, 0.1) is 40.2 Å². The number of fused-ring (bicyclic) bond motifs is 6. The van der Waals surface area contributed by atoms with Gasteiger partial charge in [-0.2, -0.15) is 0 Å². The van der Waals surface area contributed by atoms with E-state index in [1.54, 1.807) is 30.0 Å². The molecule has 3 aromatic heterocycles. The predicted molar refractivity (Wildman–Crippen MR) is 251 cm³/mol. The van der Waals surface area contributed by atoms with E-state index >= 15 is 0 Å². The highest BCUT2D eigenvalue weighted by atomic mass is 32.1. The number of aryl methyl sites for hydroxylation is 1. The number of cyclic esters (lactones) is 1. The van der Waals surface area contributed by atoms with Gasteiger partial charge in [0, 0.05) is 85.3 Å². The Morgan fingerprint density at radius 3 is 2.64 bits per heavy atom. The molecule has 7 heterocycles. The molecule has 1 aromatic carbocycles. The van der Waals surface area contributed by atoms with Gasteiger partial charge in [0.25, 0.3) is 11.8 Å². The van der Waals surface area contributed by atoms with Crippen molar-refractivity contribution < 1.29 is 33.4 Å². The highest BCUT2D eigenvalue weighted by Crippen LogP contribution is 2.44. The zero-order chi connectivity index (χ0) is 47.1. The number of benzene rings is 1. The largest absolute Gasteiger partial charge is 0.464 e. The van der Waals surface area contributed by atoms with Gasteiger partial charge in [-0.25, -0.2) is 10.4 Å². The fraction of sp³-hybridized carbons (Fsp3) is 0.540. The number of rotatable bonds is 8. The van der Waals surface area contributed by atoms with Crippen molar-refractivity contribution in [3.05, 3.63) is 58.2 Å². The maximum absolute atomic E-state index is 14.7. The van der Waals surface area contributed by atoms with Crippen LogP contribution in [0.2, 0.25) is 0 Å². The van der Waals surface area contributed by atoms with Crippen molar-refractivity contribution in [2.75, 3.05) is 39.9 Å². The maximum Gasteiger partial charge on any atom is 0.324 e. The molecule has 0 radical (unpaired) electrons. The molecule has 66 heavy (non-hydrogen) atoms. The van der Waals surface area contributed by atoms with E-state index in [0.29, 0.717) is 63.3 Å². The number of pyridine rings is 1. The molecule has 8 rings (SSSR count). The van der Waals surface area contributed by atoms with Crippen LogP contribution in [-0.2, 0) is 52.8 Å². The van der Waals surface area contributed by atoms with Crippen molar-refractivity contribution >= 4 is 51.8 Å². The van der Waals surface area contributed by atoms with E-state index in [4.69, 9.17) is 19.4 Å². The summed E-state index contributed by atoms with van der Waals surface area (Å²) < 4.78 is 14.2. The van der Waals surface area contributed by atoms with Crippen molar-refractivity contribution in [3.63, 3.8) is 0 Å². The van der Waals surface area contributed by atoms with Gasteiger partial charge in [-0.15, -0.1) is 11.3 Å². The third-order valence-corrected chi connectivity index (χ3v) is 14.7. The molecule has 6 bridgehead atoms. The van der Waals surface area contributed by atoms with E-state index in [-0.39, 0.29) is 43.4 Å². The first-order valence-corrected chi connectivity index (χ1v) is 24.1. The Balaban J connectivity index is 1.16. The van der Waals surface area contributed by atoms with Crippen LogP contribution >= 0.6 is 11.3 Å². The lowest BCUT2D eigenvalue weighted by atomic mass is 9.84. The minimum absolute atomic E-state index is 0.0836. The van der Waals surface area contributed by atoms with Crippen LogP contribution in [0.25, 0.3) is 33.4 Å². The van der Waals surface area contributed by atoms with Gasteiger partial charge in [-0.1, -0.05) is 39.7 Å². The van der Waals surface area contributed by atoms with Gasteiger partial charge in [0.2, 0.25) is 11.8 Å². The summed E-state index contributed by atoms with van der Waals surface area (Å²) in [7, 11) is 1.68. The summed E-state index contributed by atoms with van der Waals surface area (Å²) in [5.74, 6) is 3.17. The van der Waals surface area contributed by atoms with E-state index in [0.717, 1.165) is 44.7 Å². The van der Waals surface area contributed by atoms with E-state index < -0.39 is 46.7 Å². The second-order valence-electron chi connectivity index (χ2n) is 19.3. The highest BCUT2D eigenvalue weighted by molar-refractivity contribution is 7.10. The Morgan fingerprint density at radius 2 is 1.89 bits per heavy atom. The second kappa shape index (κ2) is 18.9. The average molecular weight is 919 g/mol. The van der Waals surface area contributed by atoms with Crippen LogP contribution in [0.4, 0.5) is 0 Å². The number of carbonyl (C=O) groups is 5. The lowest BCUT2D eigenvalue weighted by molar-refractivity contribution is -0.155. The first kappa shape index (κ1) is 46.9. The summed E-state index contributed by atoms with van der Waals surface area (Å²) in [6.07, 6.45) is 4.22. The number of esters is 1. The van der Waals surface area contributed by atoms with Crippen LogP contribution in [0.1, 0.15) is 96.5 Å². The minimum Gasteiger partial charge on any atom is -0.464 e. The molecular formula is C50H62N8O7S. The Kier molecular flexibility index (Phi) is 13.4. The summed E-state index contributed by atoms with van der Waals surface area (Å²) >= 11 is 1.41. The normalized spacial score (nSPS) is 23.2. The summed E-state index contributed by atoms with van der Waals surface area (Å²) in [4.78, 5) is 83.3. The molecule has 2 N–H and O–H groups in total. The van der Waals surface area contributed by atoms with Gasteiger partial charge in [0.1, 0.15) is 18.1 Å². The zero-order valence-electron chi connectivity index (χ0n) is 39.4. The standard InChI is InChI=1S/C50H62N8O7S/c1-9-13-41(59)55-22-18-50(28-55)19-23-57(48(50)63)43(30(3)4)45(60)53-37-25-40-52-38(27-66-40)32-16-17-39-34(24-32)35(44(56(39)10-2)33-14-11-20-51-42(33)31(5)64-8)26-49(6,7)29-65-47(62)36-15-12-21-58(54-36)46(37)61/h11,14,16-17,20,24,27,30-31,36-37,43,54H,10,12,15,18-19,21-23,25-26,28-29H2,1-8H3,(H,53,60)/t31-,36-,37-,43-,50+/m0/s1. The number of likely N-dealkylation sites (tertiary alicyclic amines) is 2. The average Bonchev–Trinajstić information content (AvgIpc) is 4.10. The number of thiazole rings is 1. The van der Waals surface area contributed by atoms with Crippen LogP contribution < -0.4 is 10.7 Å².